The molecule has 0 aromatic heterocycles. The van der Waals surface area contributed by atoms with E-state index in [9.17, 15) is 5.11 Å². The van der Waals surface area contributed by atoms with Gasteiger partial charge in [-0.25, -0.2) is 0 Å². The zero-order chi connectivity index (χ0) is 14.9. The van der Waals surface area contributed by atoms with E-state index in [0.717, 1.165) is 56.9 Å². The molecule has 0 unspecified atom stereocenters. The molecule has 3 rings (SSSR count). The van der Waals surface area contributed by atoms with Crippen molar-refractivity contribution in [1.82, 2.24) is 5.32 Å². The Morgan fingerprint density at radius 2 is 2.00 bits per heavy atom. The topological polar surface area (TPSA) is 41.5 Å². The molecule has 0 amide bonds. The molecule has 1 heterocycles. The number of rotatable bonds is 4. The minimum Gasteiger partial charge on any atom is -0.487 e. The Morgan fingerprint density at radius 3 is 2.76 bits per heavy atom. The normalized spacial score (nSPS) is 27.2. The van der Waals surface area contributed by atoms with Gasteiger partial charge >= 0.3 is 0 Å². The van der Waals surface area contributed by atoms with Crippen LogP contribution in [0.2, 0.25) is 0 Å². The lowest BCUT2D eigenvalue weighted by Crippen LogP contribution is -2.27. The van der Waals surface area contributed by atoms with E-state index in [4.69, 9.17) is 4.74 Å². The van der Waals surface area contributed by atoms with Crippen LogP contribution in [0.15, 0.2) is 18.2 Å². The zero-order valence-electron chi connectivity index (χ0n) is 13.2. The Morgan fingerprint density at radius 1 is 1.24 bits per heavy atom. The first-order chi connectivity index (χ1) is 10.0. The molecular formula is C18H27NO2. The summed E-state index contributed by atoms with van der Waals surface area (Å²) in [6, 6.07) is 6.55. The lowest BCUT2D eigenvalue weighted by molar-refractivity contribution is 0.108. The van der Waals surface area contributed by atoms with Crippen LogP contribution >= 0.6 is 0 Å². The van der Waals surface area contributed by atoms with Crippen molar-refractivity contribution in [1.29, 1.82) is 0 Å². The molecule has 1 aliphatic heterocycles. The van der Waals surface area contributed by atoms with E-state index in [1.807, 2.05) is 0 Å². The molecule has 3 heteroatoms. The first-order valence-corrected chi connectivity index (χ1v) is 8.21. The molecular weight excluding hydrogens is 262 g/mol. The maximum atomic E-state index is 9.53. The van der Waals surface area contributed by atoms with E-state index in [-0.39, 0.29) is 11.7 Å². The van der Waals surface area contributed by atoms with Crippen LogP contribution in [0.3, 0.4) is 0 Å². The Kier molecular flexibility index (Phi) is 4.23. The molecule has 1 saturated carbocycles. The fourth-order valence-corrected chi connectivity index (χ4v) is 3.54. The average Bonchev–Trinajstić information content (AvgIpc) is 2.74. The highest BCUT2D eigenvalue weighted by Gasteiger charge is 2.29. The van der Waals surface area contributed by atoms with E-state index < -0.39 is 0 Å². The van der Waals surface area contributed by atoms with E-state index >= 15 is 0 Å². The molecule has 0 radical (unpaired) electrons. The van der Waals surface area contributed by atoms with Crippen LogP contribution in [0.5, 0.6) is 5.75 Å². The average molecular weight is 289 g/mol. The van der Waals surface area contributed by atoms with Gasteiger partial charge in [0.2, 0.25) is 0 Å². The largest absolute Gasteiger partial charge is 0.487 e. The number of nitrogens with one attached hydrogen (secondary N) is 1. The van der Waals surface area contributed by atoms with Gasteiger partial charge < -0.3 is 15.2 Å². The van der Waals surface area contributed by atoms with Crippen molar-refractivity contribution in [2.75, 3.05) is 6.54 Å². The summed E-state index contributed by atoms with van der Waals surface area (Å²) < 4.78 is 5.91. The molecule has 0 saturated heterocycles. The summed E-state index contributed by atoms with van der Waals surface area (Å²) in [6.45, 7) is 6.27. The quantitative estimate of drug-likeness (QED) is 0.895. The van der Waals surface area contributed by atoms with Gasteiger partial charge in [0.1, 0.15) is 11.4 Å². The van der Waals surface area contributed by atoms with Crippen molar-refractivity contribution in [2.45, 2.75) is 64.2 Å². The summed E-state index contributed by atoms with van der Waals surface area (Å²) in [4.78, 5) is 0. The smallest absolute Gasteiger partial charge is 0.123 e. The SMILES string of the molecule is CC1(C)Cc2cc(CNCC3CCC(O)CC3)ccc2O1. The van der Waals surface area contributed by atoms with E-state index in [2.05, 4.69) is 37.4 Å². The maximum absolute atomic E-state index is 9.53. The Hall–Kier alpha value is -1.06. The number of hydrogen-bond donors (Lipinski definition) is 2. The van der Waals surface area contributed by atoms with Crippen molar-refractivity contribution in [2.24, 2.45) is 5.92 Å². The van der Waals surface area contributed by atoms with Gasteiger partial charge in [-0.05, 0) is 69.2 Å². The third-order valence-corrected chi connectivity index (χ3v) is 4.71. The van der Waals surface area contributed by atoms with Crippen LogP contribution in [0.4, 0.5) is 0 Å². The van der Waals surface area contributed by atoms with E-state index in [1.165, 1.54) is 11.1 Å². The fraction of sp³-hybridized carbons (Fsp3) is 0.667. The Labute approximate surface area is 127 Å². The summed E-state index contributed by atoms with van der Waals surface area (Å²) >= 11 is 0. The molecule has 116 valence electrons. The lowest BCUT2D eigenvalue weighted by atomic mass is 9.87. The Balaban J connectivity index is 1.48. The highest BCUT2D eigenvalue weighted by atomic mass is 16.5. The van der Waals surface area contributed by atoms with Gasteiger partial charge in [-0.3, -0.25) is 0 Å². The van der Waals surface area contributed by atoms with Gasteiger partial charge in [0.05, 0.1) is 6.10 Å². The van der Waals surface area contributed by atoms with Crippen molar-refractivity contribution < 1.29 is 9.84 Å². The second-order valence-electron chi connectivity index (χ2n) is 7.29. The summed E-state index contributed by atoms with van der Waals surface area (Å²) in [5, 5.41) is 13.1. The molecule has 0 bridgehead atoms. The standard InChI is InChI=1S/C18H27NO2/c1-18(2)10-15-9-14(5-8-17(15)21-18)12-19-11-13-3-6-16(20)7-4-13/h5,8-9,13,16,19-20H,3-4,6-7,10-12H2,1-2H3. The molecule has 2 N–H and O–H groups in total. The molecule has 1 aromatic carbocycles. The van der Waals surface area contributed by atoms with Crippen LogP contribution in [0, 0.1) is 5.92 Å². The zero-order valence-corrected chi connectivity index (χ0v) is 13.2. The highest BCUT2D eigenvalue weighted by Crippen LogP contribution is 2.35. The van der Waals surface area contributed by atoms with E-state index in [0.29, 0.717) is 0 Å². The molecule has 1 aliphatic carbocycles. The summed E-state index contributed by atoms with van der Waals surface area (Å²) in [5.41, 5.74) is 2.61. The number of aliphatic hydroxyl groups is 1. The van der Waals surface area contributed by atoms with Gasteiger partial charge in [-0.15, -0.1) is 0 Å². The number of fused-ring (bicyclic) bond motifs is 1. The predicted octanol–water partition coefficient (Wildman–Crippen LogP) is 3.04. The van der Waals surface area contributed by atoms with Crippen LogP contribution < -0.4 is 10.1 Å². The third kappa shape index (κ3) is 3.78. The van der Waals surface area contributed by atoms with Crippen LogP contribution in [-0.4, -0.2) is 23.4 Å². The monoisotopic (exact) mass is 289 g/mol. The first kappa shape index (κ1) is 14.9. The molecule has 0 atom stereocenters. The van der Waals surface area contributed by atoms with Gasteiger partial charge in [-0.2, -0.15) is 0 Å². The second kappa shape index (κ2) is 5.98. The number of hydrogen-bond acceptors (Lipinski definition) is 3. The van der Waals surface area contributed by atoms with Crippen molar-refractivity contribution >= 4 is 0 Å². The van der Waals surface area contributed by atoms with Crippen molar-refractivity contribution in [3.8, 4) is 5.75 Å². The summed E-state index contributed by atoms with van der Waals surface area (Å²) in [5.74, 6) is 1.77. The maximum Gasteiger partial charge on any atom is 0.123 e. The van der Waals surface area contributed by atoms with Crippen molar-refractivity contribution in [3.63, 3.8) is 0 Å². The first-order valence-electron chi connectivity index (χ1n) is 8.21. The molecule has 2 aliphatic rings. The van der Waals surface area contributed by atoms with Gasteiger partial charge in [0.25, 0.3) is 0 Å². The molecule has 3 nitrogen and oxygen atoms in total. The summed E-state index contributed by atoms with van der Waals surface area (Å²) in [7, 11) is 0. The summed E-state index contributed by atoms with van der Waals surface area (Å²) in [6.07, 6.45) is 5.19. The number of aliphatic hydroxyl groups excluding tert-OH is 1. The van der Waals surface area contributed by atoms with Gasteiger partial charge in [0, 0.05) is 13.0 Å². The van der Waals surface area contributed by atoms with Crippen LogP contribution in [0.1, 0.15) is 50.7 Å². The van der Waals surface area contributed by atoms with Crippen LogP contribution in [-0.2, 0) is 13.0 Å². The highest BCUT2D eigenvalue weighted by molar-refractivity contribution is 5.41. The predicted molar refractivity (Wildman–Crippen MR) is 84.5 cm³/mol. The molecule has 0 spiro atoms. The molecule has 21 heavy (non-hydrogen) atoms. The van der Waals surface area contributed by atoms with E-state index in [1.54, 1.807) is 0 Å². The Bertz CT molecular complexity index is 490. The molecule has 1 fully saturated rings. The minimum absolute atomic E-state index is 0.0543. The number of ether oxygens (including phenoxy) is 1. The third-order valence-electron chi connectivity index (χ3n) is 4.71. The van der Waals surface area contributed by atoms with Crippen molar-refractivity contribution in [3.05, 3.63) is 29.3 Å². The van der Waals surface area contributed by atoms with Gasteiger partial charge in [0.15, 0.2) is 0 Å². The second-order valence-corrected chi connectivity index (χ2v) is 7.29. The molecule has 1 aromatic rings. The van der Waals surface area contributed by atoms with Gasteiger partial charge in [-0.1, -0.05) is 12.1 Å². The van der Waals surface area contributed by atoms with Crippen LogP contribution in [0.25, 0.3) is 0 Å². The number of benzene rings is 1. The lowest BCUT2D eigenvalue weighted by Gasteiger charge is -2.25. The minimum atomic E-state index is -0.0582. The fourth-order valence-electron chi connectivity index (χ4n) is 3.54.